The average Bonchev–Trinajstić information content (AvgIpc) is 2.27. The van der Waals surface area contributed by atoms with Gasteiger partial charge in [-0.1, -0.05) is 0 Å². The second-order valence-corrected chi connectivity index (χ2v) is 2.56. The van der Waals surface area contributed by atoms with Crippen LogP contribution < -0.4 is 9.47 Å². The molecule has 10 heavy (non-hydrogen) atoms. The van der Waals surface area contributed by atoms with E-state index in [-0.39, 0.29) is 5.20 Å². The molecule has 0 spiro atoms. The van der Waals surface area contributed by atoms with Gasteiger partial charge in [0.25, 0.3) is 11.1 Å². The lowest BCUT2D eigenvalue weighted by molar-refractivity contribution is 0.140. The highest BCUT2D eigenvalue weighted by Crippen LogP contribution is 2.32. The van der Waals surface area contributed by atoms with Crippen LogP contribution in [-0.2, 0) is 0 Å². The van der Waals surface area contributed by atoms with Crippen molar-refractivity contribution >= 4 is 15.9 Å². The van der Waals surface area contributed by atoms with Crippen molar-refractivity contribution in [2.24, 2.45) is 0 Å². The Morgan fingerprint density at radius 1 is 1.50 bits per heavy atom. The van der Waals surface area contributed by atoms with E-state index < -0.39 is 0 Å². The Hall–Kier alpha value is -0.770. The van der Waals surface area contributed by atoms with Crippen molar-refractivity contribution in [3.05, 3.63) is 18.3 Å². The quantitative estimate of drug-likeness (QED) is 0.597. The summed E-state index contributed by atoms with van der Waals surface area (Å²) >= 11 is 3.13. The number of rotatable bonds is 0. The summed E-state index contributed by atoms with van der Waals surface area (Å²) in [7, 11) is 0. The van der Waals surface area contributed by atoms with Gasteiger partial charge in [-0.05, 0) is 12.1 Å². The molecular weight excluding hydrogens is 198 g/mol. The van der Waals surface area contributed by atoms with Crippen molar-refractivity contribution < 1.29 is 9.47 Å². The van der Waals surface area contributed by atoms with Gasteiger partial charge in [0, 0.05) is 22.1 Å². The number of nitrogens with zero attached hydrogens (tertiary/aromatic N) is 1. The van der Waals surface area contributed by atoms with E-state index in [1.165, 1.54) is 0 Å². The van der Waals surface area contributed by atoms with Crippen LogP contribution in [0, 0.1) is 0 Å². The van der Waals surface area contributed by atoms with Crippen molar-refractivity contribution in [1.29, 1.82) is 0 Å². The summed E-state index contributed by atoms with van der Waals surface area (Å²) in [5, 5.41) is -0.377. The molecule has 1 unspecified atom stereocenters. The predicted octanol–water partition coefficient (Wildman–Crippen LogP) is 1.53. The molecule has 0 aromatic carbocycles. The molecule has 2 heterocycles. The summed E-state index contributed by atoms with van der Waals surface area (Å²) in [5.41, 5.74) is 0. The first-order chi connectivity index (χ1) is 4.86. The molecule has 0 saturated heterocycles. The second kappa shape index (κ2) is 2.12. The highest BCUT2D eigenvalue weighted by Gasteiger charge is 2.21. The van der Waals surface area contributed by atoms with Crippen molar-refractivity contribution in [2.45, 2.75) is 5.20 Å². The number of pyridine rings is 1. The fourth-order valence-electron chi connectivity index (χ4n) is 0.766. The minimum Gasteiger partial charge on any atom is -0.440 e. The third-order valence-corrected chi connectivity index (χ3v) is 1.53. The van der Waals surface area contributed by atoms with Crippen LogP contribution in [0.5, 0.6) is 11.6 Å². The predicted molar refractivity (Wildman–Crippen MR) is 38.2 cm³/mol. The molecular formula is C6H4BrNO2. The normalized spacial score (nSPS) is 21.1. The van der Waals surface area contributed by atoms with Gasteiger partial charge in [-0.25, -0.2) is 4.98 Å². The van der Waals surface area contributed by atoms with Crippen molar-refractivity contribution in [1.82, 2.24) is 4.98 Å². The second-order valence-electron chi connectivity index (χ2n) is 1.82. The largest absolute Gasteiger partial charge is 0.440 e. The Morgan fingerprint density at radius 2 is 2.40 bits per heavy atom. The summed E-state index contributed by atoms with van der Waals surface area (Å²) in [6.45, 7) is 0. The Kier molecular flexibility index (Phi) is 1.27. The van der Waals surface area contributed by atoms with E-state index in [4.69, 9.17) is 9.47 Å². The van der Waals surface area contributed by atoms with E-state index in [0.717, 1.165) is 0 Å². The number of hydrogen-bond acceptors (Lipinski definition) is 3. The lowest BCUT2D eigenvalue weighted by atomic mass is 10.4. The lowest BCUT2D eigenvalue weighted by Gasteiger charge is -1.96. The van der Waals surface area contributed by atoms with Crippen molar-refractivity contribution in [2.75, 3.05) is 0 Å². The Morgan fingerprint density at radius 3 is 3.20 bits per heavy atom. The van der Waals surface area contributed by atoms with Crippen molar-refractivity contribution in [3.8, 4) is 11.6 Å². The fourth-order valence-corrected chi connectivity index (χ4v) is 1.14. The zero-order valence-electron chi connectivity index (χ0n) is 4.95. The molecule has 0 aliphatic carbocycles. The molecule has 3 nitrogen and oxygen atoms in total. The van der Waals surface area contributed by atoms with E-state index in [2.05, 4.69) is 20.9 Å². The summed E-state index contributed by atoms with van der Waals surface area (Å²) in [4.78, 5) is 3.93. The molecule has 1 aliphatic heterocycles. The monoisotopic (exact) mass is 201 g/mol. The number of alkyl halides is 1. The van der Waals surface area contributed by atoms with Gasteiger partial charge in [0.05, 0.1) is 0 Å². The van der Waals surface area contributed by atoms with Crippen LogP contribution in [0.4, 0.5) is 0 Å². The van der Waals surface area contributed by atoms with Crippen LogP contribution in [-0.4, -0.2) is 10.2 Å². The first-order valence-corrected chi connectivity index (χ1v) is 3.70. The third-order valence-electron chi connectivity index (χ3n) is 1.16. The van der Waals surface area contributed by atoms with Gasteiger partial charge in [0.2, 0.25) is 0 Å². The molecule has 0 bridgehead atoms. The van der Waals surface area contributed by atoms with Crippen LogP contribution in [0.15, 0.2) is 18.3 Å². The highest BCUT2D eigenvalue weighted by atomic mass is 79.9. The minimum absolute atomic E-state index is 0.377. The lowest BCUT2D eigenvalue weighted by Crippen LogP contribution is -2.07. The Labute approximate surface area is 66.1 Å². The van der Waals surface area contributed by atoms with E-state index >= 15 is 0 Å². The van der Waals surface area contributed by atoms with E-state index in [0.29, 0.717) is 11.6 Å². The molecule has 1 aliphatic rings. The number of ether oxygens (including phenoxy) is 2. The maximum atomic E-state index is 5.14. The molecule has 4 heteroatoms. The zero-order chi connectivity index (χ0) is 6.97. The third kappa shape index (κ3) is 0.844. The van der Waals surface area contributed by atoms with Gasteiger partial charge in [0.15, 0.2) is 5.75 Å². The molecule has 0 radical (unpaired) electrons. The molecule has 52 valence electrons. The van der Waals surface area contributed by atoms with Crippen LogP contribution in [0.2, 0.25) is 0 Å². The van der Waals surface area contributed by atoms with Gasteiger partial charge in [-0.2, -0.15) is 0 Å². The molecule has 0 amide bonds. The first kappa shape index (κ1) is 5.97. The van der Waals surface area contributed by atoms with Gasteiger partial charge >= 0.3 is 0 Å². The molecule has 1 atom stereocenters. The van der Waals surface area contributed by atoms with Crippen LogP contribution in [0.25, 0.3) is 0 Å². The number of halogens is 1. The zero-order valence-corrected chi connectivity index (χ0v) is 6.54. The maximum absolute atomic E-state index is 5.14. The first-order valence-electron chi connectivity index (χ1n) is 2.79. The van der Waals surface area contributed by atoms with Crippen LogP contribution >= 0.6 is 15.9 Å². The smallest absolute Gasteiger partial charge is 0.300 e. The fraction of sp³-hybridized carbons (Fsp3) is 0.167. The molecule has 1 aromatic rings. The van der Waals surface area contributed by atoms with Crippen molar-refractivity contribution in [3.63, 3.8) is 0 Å². The number of aromatic nitrogens is 1. The summed E-state index contributed by atoms with van der Waals surface area (Å²) in [6.07, 6.45) is 1.66. The number of fused-ring (bicyclic) bond motifs is 1. The highest BCUT2D eigenvalue weighted by molar-refractivity contribution is 9.09. The molecule has 0 N–H and O–H groups in total. The molecule has 0 fully saturated rings. The maximum Gasteiger partial charge on any atom is 0.300 e. The summed E-state index contributed by atoms with van der Waals surface area (Å²) < 4.78 is 10.2. The van der Waals surface area contributed by atoms with Gasteiger partial charge in [-0.15, -0.1) is 0 Å². The van der Waals surface area contributed by atoms with Gasteiger partial charge in [0.1, 0.15) is 0 Å². The van der Waals surface area contributed by atoms with Crippen LogP contribution in [0.3, 0.4) is 0 Å². The minimum atomic E-state index is -0.377. The van der Waals surface area contributed by atoms with E-state index in [1.807, 2.05) is 6.07 Å². The van der Waals surface area contributed by atoms with E-state index in [9.17, 15) is 0 Å². The topological polar surface area (TPSA) is 31.4 Å². The average molecular weight is 202 g/mol. The van der Waals surface area contributed by atoms with Gasteiger partial charge in [-0.3, -0.25) is 0 Å². The molecule has 2 rings (SSSR count). The standard InChI is InChI=1S/C6H4BrNO2/c7-6-9-4-2-1-3-8-5(4)10-6/h1-3,6H. The molecule has 1 aromatic heterocycles. The Balaban J connectivity index is 2.42. The van der Waals surface area contributed by atoms with E-state index in [1.54, 1.807) is 12.3 Å². The van der Waals surface area contributed by atoms with Crippen LogP contribution in [0.1, 0.15) is 0 Å². The summed E-state index contributed by atoms with van der Waals surface area (Å²) in [6, 6.07) is 3.61. The SMILES string of the molecule is BrC1Oc2cccnc2O1. The number of hydrogen-bond donors (Lipinski definition) is 0. The Bertz CT molecular complexity index is 228. The molecule has 0 saturated carbocycles. The van der Waals surface area contributed by atoms with Gasteiger partial charge < -0.3 is 9.47 Å². The summed E-state index contributed by atoms with van der Waals surface area (Å²) in [5.74, 6) is 1.23.